The second-order valence-electron chi connectivity index (χ2n) is 5.94. The van der Waals surface area contributed by atoms with Crippen LogP contribution in [0.25, 0.3) is 0 Å². The highest BCUT2D eigenvalue weighted by Crippen LogP contribution is 2.10. The van der Waals surface area contributed by atoms with Crippen LogP contribution in [0, 0.1) is 5.92 Å². The molecule has 1 aromatic rings. The zero-order valence-electron chi connectivity index (χ0n) is 15.1. The minimum atomic E-state index is -0.416. The third-order valence-electron chi connectivity index (χ3n) is 3.77. The Kier molecular flexibility index (Phi) is 8.86. The number of primary amides is 1. The number of ether oxygens (including phenoxy) is 1. The normalized spacial score (nSPS) is 13.0. The van der Waals surface area contributed by atoms with Gasteiger partial charge in [0.05, 0.1) is 6.10 Å². The third-order valence-corrected chi connectivity index (χ3v) is 3.77. The van der Waals surface area contributed by atoms with E-state index in [0.29, 0.717) is 18.0 Å². The Morgan fingerprint density at radius 1 is 1.25 bits per heavy atom. The van der Waals surface area contributed by atoms with Gasteiger partial charge in [0.1, 0.15) is 0 Å². The van der Waals surface area contributed by atoms with Crippen molar-refractivity contribution >= 4 is 11.9 Å². The van der Waals surface area contributed by atoms with Crippen LogP contribution >= 0.6 is 0 Å². The van der Waals surface area contributed by atoms with Gasteiger partial charge in [0, 0.05) is 32.3 Å². The van der Waals surface area contributed by atoms with Crippen molar-refractivity contribution in [2.24, 2.45) is 16.6 Å². The van der Waals surface area contributed by atoms with E-state index in [1.54, 1.807) is 19.2 Å². The standard InChI is InChI=1S/C18H30N4O2/c1-5-24-16(13(2)3)10-11-21-18(20-4)22-12-14-6-8-15(9-7-14)17(19)23/h6-9,13,16H,5,10-12H2,1-4H3,(H2,19,23)(H2,20,21,22). The monoisotopic (exact) mass is 334 g/mol. The van der Waals surface area contributed by atoms with E-state index in [9.17, 15) is 4.79 Å². The second kappa shape index (κ2) is 10.6. The lowest BCUT2D eigenvalue weighted by atomic mass is 10.0. The van der Waals surface area contributed by atoms with Crippen molar-refractivity contribution in [3.8, 4) is 0 Å². The lowest BCUT2D eigenvalue weighted by molar-refractivity contribution is 0.0258. The Balaban J connectivity index is 2.41. The molecule has 0 aliphatic heterocycles. The number of nitrogens with two attached hydrogens (primary N) is 1. The molecular weight excluding hydrogens is 304 g/mol. The number of hydrogen-bond acceptors (Lipinski definition) is 3. The molecule has 1 amide bonds. The smallest absolute Gasteiger partial charge is 0.248 e. The van der Waals surface area contributed by atoms with Crippen molar-refractivity contribution in [2.45, 2.75) is 39.8 Å². The van der Waals surface area contributed by atoms with Crippen LogP contribution in [0.3, 0.4) is 0 Å². The van der Waals surface area contributed by atoms with Crippen molar-refractivity contribution < 1.29 is 9.53 Å². The van der Waals surface area contributed by atoms with Gasteiger partial charge in [0.2, 0.25) is 5.91 Å². The SMILES string of the molecule is CCOC(CCNC(=NC)NCc1ccc(C(N)=O)cc1)C(C)C. The number of carbonyl (C=O) groups is 1. The van der Waals surface area contributed by atoms with E-state index in [1.807, 2.05) is 19.1 Å². The van der Waals surface area contributed by atoms with E-state index >= 15 is 0 Å². The van der Waals surface area contributed by atoms with Gasteiger partial charge in [-0.1, -0.05) is 26.0 Å². The summed E-state index contributed by atoms with van der Waals surface area (Å²) in [7, 11) is 1.74. The van der Waals surface area contributed by atoms with Gasteiger partial charge in [-0.25, -0.2) is 0 Å². The molecule has 0 heterocycles. The van der Waals surface area contributed by atoms with Crippen molar-refractivity contribution in [3.63, 3.8) is 0 Å². The summed E-state index contributed by atoms with van der Waals surface area (Å²) in [5.74, 6) is 0.819. The Hall–Kier alpha value is -2.08. The first-order valence-electron chi connectivity index (χ1n) is 8.42. The van der Waals surface area contributed by atoms with Crippen LogP contribution in [0.5, 0.6) is 0 Å². The lowest BCUT2D eigenvalue weighted by Gasteiger charge is -2.21. The van der Waals surface area contributed by atoms with Crippen LogP contribution in [0.1, 0.15) is 43.1 Å². The first-order valence-corrected chi connectivity index (χ1v) is 8.42. The maximum absolute atomic E-state index is 11.1. The Labute approximate surface area is 144 Å². The molecule has 6 heteroatoms. The zero-order chi connectivity index (χ0) is 17.9. The van der Waals surface area contributed by atoms with Crippen LogP contribution in [0.15, 0.2) is 29.3 Å². The van der Waals surface area contributed by atoms with Gasteiger partial charge in [-0.3, -0.25) is 9.79 Å². The summed E-state index contributed by atoms with van der Waals surface area (Å²) >= 11 is 0. The van der Waals surface area contributed by atoms with E-state index in [1.165, 1.54) is 0 Å². The van der Waals surface area contributed by atoms with Crippen LogP contribution in [0.4, 0.5) is 0 Å². The number of carbonyl (C=O) groups excluding carboxylic acids is 1. The number of rotatable bonds is 9. The predicted molar refractivity (Wildman–Crippen MR) is 98.0 cm³/mol. The number of nitrogens with zero attached hydrogens (tertiary/aromatic N) is 1. The summed E-state index contributed by atoms with van der Waals surface area (Å²) in [6, 6.07) is 7.21. The van der Waals surface area contributed by atoms with Gasteiger partial charge >= 0.3 is 0 Å². The third kappa shape index (κ3) is 7.00. The minimum Gasteiger partial charge on any atom is -0.378 e. The van der Waals surface area contributed by atoms with Crippen molar-refractivity contribution in [1.29, 1.82) is 0 Å². The molecule has 1 aromatic carbocycles. The van der Waals surface area contributed by atoms with Gasteiger partial charge in [0.25, 0.3) is 0 Å². The molecule has 0 radical (unpaired) electrons. The number of amides is 1. The summed E-state index contributed by atoms with van der Waals surface area (Å²) < 4.78 is 5.74. The molecule has 24 heavy (non-hydrogen) atoms. The number of hydrogen-bond donors (Lipinski definition) is 3. The summed E-state index contributed by atoms with van der Waals surface area (Å²) in [5.41, 5.74) is 6.80. The topological polar surface area (TPSA) is 88.7 Å². The van der Waals surface area contributed by atoms with E-state index < -0.39 is 5.91 Å². The Morgan fingerprint density at radius 2 is 1.92 bits per heavy atom. The largest absolute Gasteiger partial charge is 0.378 e. The molecule has 1 unspecified atom stereocenters. The van der Waals surface area contributed by atoms with Gasteiger partial charge < -0.3 is 21.1 Å². The van der Waals surface area contributed by atoms with Gasteiger partial charge in [0.15, 0.2) is 5.96 Å². The quantitative estimate of drug-likeness (QED) is 0.475. The highest BCUT2D eigenvalue weighted by Gasteiger charge is 2.12. The average molecular weight is 334 g/mol. The Morgan fingerprint density at radius 3 is 2.42 bits per heavy atom. The predicted octanol–water partition coefficient (Wildman–Crippen LogP) is 1.90. The summed E-state index contributed by atoms with van der Waals surface area (Å²) in [4.78, 5) is 15.3. The van der Waals surface area contributed by atoms with Crippen molar-refractivity contribution in [3.05, 3.63) is 35.4 Å². The first kappa shape index (κ1) is 20.0. The molecule has 0 fully saturated rings. The van der Waals surface area contributed by atoms with Crippen molar-refractivity contribution in [2.75, 3.05) is 20.2 Å². The Bertz CT molecular complexity index is 526. The molecule has 0 spiro atoms. The summed E-state index contributed by atoms with van der Waals surface area (Å²) in [6.45, 7) is 8.51. The highest BCUT2D eigenvalue weighted by molar-refractivity contribution is 5.92. The molecule has 0 aliphatic carbocycles. The lowest BCUT2D eigenvalue weighted by Crippen LogP contribution is -2.38. The van der Waals surface area contributed by atoms with Crippen LogP contribution in [0.2, 0.25) is 0 Å². The molecule has 0 bridgehead atoms. The molecule has 4 N–H and O–H groups in total. The van der Waals surface area contributed by atoms with E-state index in [2.05, 4.69) is 29.5 Å². The van der Waals surface area contributed by atoms with Gasteiger partial charge in [-0.2, -0.15) is 0 Å². The number of benzene rings is 1. The van der Waals surface area contributed by atoms with E-state index in [4.69, 9.17) is 10.5 Å². The number of guanidine groups is 1. The molecular formula is C18H30N4O2. The van der Waals surface area contributed by atoms with E-state index in [-0.39, 0.29) is 6.10 Å². The van der Waals surface area contributed by atoms with Crippen LogP contribution in [-0.2, 0) is 11.3 Å². The van der Waals surface area contributed by atoms with E-state index in [0.717, 1.165) is 31.1 Å². The molecule has 0 aliphatic rings. The molecule has 6 nitrogen and oxygen atoms in total. The molecule has 134 valence electrons. The maximum atomic E-state index is 11.1. The molecule has 0 aromatic heterocycles. The molecule has 1 rings (SSSR count). The van der Waals surface area contributed by atoms with Crippen LogP contribution < -0.4 is 16.4 Å². The van der Waals surface area contributed by atoms with Gasteiger partial charge in [-0.15, -0.1) is 0 Å². The van der Waals surface area contributed by atoms with Crippen LogP contribution in [-0.4, -0.2) is 38.2 Å². The second-order valence-corrected chi connectivity index (χ2v) is 5.94. The number of nitrogens with one attached hydrogen (secondary N) is 2. The highest BCUT2D eigenvalue weighted by atomic mass is 16.5. The first-order chi connectivity index (χ1) is 11.5. The average Bonchev–Trinajstić information content (AvgIpc) is 2.57. The minimum absolute atomic E-state index is 0.252. The summed E-state index contributed by atoms with van der Waals surface area (Å²) in [5, 5.41) is 6.55. The zero-order valence-corrected chi connectivity index (χ0v) is 15.1. The maximum Gasteiger partial charge on any atom is 0.248 e. The molecule has 0 saturated heterocycles. The number of aliphatic imine (C=N–C) groups is 1. The fourth-order valence-electron chi connectivity index (χ4n) is 2.35. The summed E-state index contributed by atoms with van der Waals surface area (Å²) in [6.07, 6.45) is 1.18. The fourth-order valence-corrected chi connectivity index (χ4v) is 2.35. The molecule has 1 atom stereocenters. The molecule has 0 saturated carbocycles. The fraction of sp³-hybridized carbons (Fsp3) is 0.556. The van der Waals surface area contributed by atoms with Crippen molar-refractivity contribution in [1.82, 2.24) is 10.6 Å². The van der Waals surface area contributed by atoms with Gasteiger partial charge in [-0.05, 0) is 37.0 Å².